The van der Waals surface area contributed by atoms with Gasteiger partial charge in [-0.2, -0.15) is 4.31 Å². The molecule has 2 aromatic rings. The van der Waals surface area contributed by atoms with Crippen molar-refractivity contribution in [2.75, 3.05) is 6.54 Å². The molecule has 150 valence electrons. The van der Waals surface area contributed by atoms with Crippen molar-refractivity contribution in [1.82, 2.24) is 4.31 Å². The Labute approximate surface area is 173 Å². The molecule has 2 aromatic carbocycles. The van der Waals surface area contributed by atoms with E-state index in [1.807, 2.05) is 38.1 Å². The zero-order valence-corrected chi connectivity index (χ0v) is 18.0. The minimum Gasteiger partial charge on any atom is -0.460 e. The number of aliphatic hydroxyl groups excluding tert-OH is 1. The van der Waals surface area contributed by atoms with E-state index in [1.54, 1.807) is 12.1 Å². The summed E-state index contributed by atoms with van der Waals surface area (Å²) in [5.41, 5.74) is 2.61. The number of nitrogens with zero attached hydrogens (tertiary/aromatic N) is 1. The van der Waals surface area contributed by atoms with Crippen molar-refractivity contribution in [3.05, 3.63) is 63.6 Å². The Kier molecular flexibility index (Phi) is 6.24. The number of halogens is 1. The van der Waals surface area contributed by atoms with Crippen LogP contribution in [0.15, 0.2) is 51.8 Å². The highest BCUT2D eigenvalue weighted by molar-refractivity contribution is 9.10. The molecule has 0 radical (unpaired) electrons. The molecule has 1 N–H and O–H groups in total. The van der Waals surface area contributed by atoms with Crippen molar-refractivity contribution in [1.29, 1.82) is 0 Å². The maximum atomic E-state index is 13.1. The molecule has 1 aliphatic rings. The van der Waals surface area contributed by atoms with Gasteiger partial charge in [0.15, 0.2) is 0 Å². The highest BCUT2D eigenvalue weighted by Gasteiger charge is 2.44. The van der Waals surface area contributed by atoms with E-state index in [1.165, 1.54) is 6.07 Å². The number of hydrogen-bond acceptors (Lipinski definition) is 5. The molecule has 0 spiro atoms. The van der Waals surface area contributed by atoms with Gasteiger partial charge < -0.3 is 9.84 Å². The molecule has 0 aromatic heterocycles. The Morgan fingerprint density at radius 2 is 1.86 bits per heavy atom. The molecule has 28 heavy (non-hydrogen) atoms. The third-order valence-corrected chi connectivity index (χ3v) is 7.28. The fourth-order valence-corrected chi connectivity index (χ4v) is 5.08. The normalized spacial score (nSPS) is 20.3. The summed E-state index contributed by atoms with van der Waals surface area (Å²) in [5, 5.41) is 10.0. The van der Waals surface area contributed by atoms with E-state index in [4.69, 9.17) is 4.74 Å². The number of hydrogen-bond donors (Lipinski definition) is 1. The Bertz CT molecular complexity index is 975. The summed E-state index contributed by atoms with van der Waals surface area (Å²) in [4.78, 5) is 12.7. The standard InChI is InChI=1S/C20H22BrNO5S/c1-13-3-8-18(9-14(13)2)28(25,26)22-11-17(23)10-19(22)20(24)27-12-15-4-6-16(21)7-5-15/h3-9,17,19,23H,10-12H2,1-2H3. The Morgan fingerprint density at radius 1 is 1.18 bits per heavy atom. The first-order valence-electron chi connectivity index (χ1n) is 8.86. The van der Waals surface area contributed by atoms with Crippen LogP contribution in [0.25, 0.3) is 0 Å². The van der Waals surface area contributed by atoms with Crippen molar-refractivity contribution in [2.24, 2.45) is 0 Å². The largest absolute Gasteiger partial charge is 0.460 e. The van der Waals surface area contributed by atoms with Gasteiger partial charge in [0.1, 0.15) is 12.6 Å². The third kappa shape index (κ3) is 4.46. The van der Waals surface area contributed by atoms with Crippen molar-refractivity contribution in [3.63, 3.8) is 0 Å². The van der Waals surface area contributed by atoms with Crippen LogP contribution in [0.1, 0.15) is 23.1 Å². The van der Waals surface area contributed by atoms with Gasteiger partial charge in [0, 0.05) is 17.4 Å². The zero-order chi connectivity index (χ0) is 20.5. The number of sulfonamides is 1. The molecule has 6 nitrogen and oxygen atoms in total. The van der Waals surface area contributed by atoms with Crippen LogP contribution in [0.5, 0.6) is 0 Å². The van der Waals surface area contributed by atoms with Gasteiger partial charge in [-0.15, -0.1) is 0 Å². The summed E-state index contributed by atoms with van der Waals surface area (Å²) >= 11 is 3.34. The Morgan fingerprint density at radius 3 is 2.50 bits per heavy atom. The Balaban J connectivity index is 1.78. The third-order valence-electron chi connectivity index (χ3n) is 4.89. The topological polar surface area (TPSA) is 83.9 Å². The first-order valence-corrected chi connectivity index (χ1v) is 11.1. The molecule has 0 bridgehead atoms. The summed E-state index contributed by atoms with van der Waals surface area (Å²) in [6.07, 6.45) is -0.893. The molecule has 3 rings (SSSR count). The van der Waals surface area contributed by atoms with Crippen molar-refractivity contribution >= 4 is 31.9 Å². The van der Waals surface area contributed by atoms with Crippen LogP contribution in [0, 0.1) is 13.8 Å². The summed E-state index contributed by atoms with van der Waals surface area (Å²) in [6, 6.07) is 11.1. The quantitative estimate of drug-likeness (QED) is 0.683. The average Bonchev–Trinajstić information content (AvgIpc) is 3.06. The molecule has 1 heterocycles. The molecular formula is C20H22BrNO5S. The first-order chi connectivity index (χ1) is 13.2. The van der Waals surface area contributed by atoms with Crippen molar-refractivity contribution < 1.29 is 23.1 Å². The van der Waals surface area contributed by atoms with Gasteiger partial charge in [0.05, 0.1) is 11.0 Å². The van der Waals surface area contributed by atoms with Crippen LogP contribution < -0.4 is 0 Å². The maximum Gasteiger partial charge on any atom is 0.324 e. The van der Waals surface area contributed by atoms with E-state index in [9.17, 15) is 18.3 Å². The highest BCUT2D eigenvalue weighted by atomic mass is 79.9. The molecule has 2 unspecified atom stereocenters. The number of rotatable bonds is 5. The molecule has 1 fully saturated rings. The minimum absolute atomic E-state index is 0.0171. The lowest BCUT2D eigenvalue weighted by Gasteiger charge is -2.23. The van der Waals surface area contributed by atoms with Gasteiger partial charge in [-0.1, -0.05) is 34.1 Å². The van der Waals surface area contributed by atoms with Crippen LogP contribution in [-0.4, -0.2) is 42.5 Å². The second kappa shape index (κ2) is 8.32. The number of ether oxygens (including phenoxy) is 1. The lowest BCUT2D eigenvalue weighted by Crippen LogP contribution is -2.41. The first kappa shape index (κ1) is 21.0. The molecular weight excluding hydrogens is 446 g/mol. The molecule has 2 atom stereocenters. The lowest BCUT2D eigenvalue weighted by molar-refractivity contribution is -0.148. The number of benzene rings is 2. The number of aliphatic hydroxyl groups is 1. The number of carbonyl (C=O) groups excluding carboxylic acids is 1. The number of carbonyl (C=O) groups is 1. The van der Waals surface area contributed by atoms with Crippen molar-refractivity contribution in [3.8, 4) is 0 Å². The predicted octanol–water partition coefficient (Wildman–Crippen LogP) is 2.93. The summed E-state index contributed by atoms with van der Waals surface area (Å²) in [7, 11) is -3.93. The molecule has 0 amide bonds. The van der Waals surface area contributed by atoms with Crippen LogP contribution in [0.3, 0.4) is 0 Å². The van der Waals surface area contributed by atoms with Crippen LogP contribution >= 0.6 is 15.9 Å². The van der Waals surface area contributed by atoms with Gasteiger partial charge in [0.25, 0.3) is 0 Å². The monoisotopic (exact) mass is 467 g/mol. The molecule has 1 saturated heterocycles. The van der Waals surface area contributed by atoms with E-state index in [0.717, 1.165) is 25.5 Å². The second-order valence-electron chi connectivity index (χ2n) is 6.96. The summed E-state index contributed by atoms with van der Waals surface area (Å²) < 4.78 is 33.4. The maximum absolute atomic E-state index is 13.1. The van der Waals surface area contributed by atoms with Crippen LogP contribution in [0.2, 0.25) is 0 Å². The smallest absolute Gasteiger partial charge is 0.324 e. The molecule has 0 saturated carbocycles. The molecule has 1 aliphatic heterocycles. The molecule has 8 heteroatoms. The van der Waals surface area contributed by atoms with E-state index in [2.05, 4.69) is 15.9 Å². The van der Waals surface area contributed by atoms with Gasteiger partial charge in [-0.3, -0.25) is 4.79 Å². The van der Waals surface area contributed by atoms with Crippen molar-refractivity contribution in [2.45, 2.75) is 43.9 Å². The lowest BCUT2D eigenvalue weighted by atomic mass is 10.1. The minimum atomic E-state index is -3.93. The second-order valence-corrected chi connectivity index (χ2v) is 9.77. The van der Waals surface area contributed by atoms with E-state index < -0.39 is 28.1 Å². The van der Waals surface area contributed by atoms with E-state index >= 15 is 0 Å². The van der Waals surface area contributed by atoms with Gasteiger partial charge in [-0.25, -0.2) is 8.42 Å². The van der Waals surface area contributed by atoms with Gasteiger partial charge in [-0.05, 0) is 54.8 Å². The summed E-state index contributed by atoms with van der Waals surface area (Å²) in [6.45, 7) is 3.63. The number of aryl methyl sites for hydroxylation is 2. The predicted molar refractivity (Wildman–Crippen MR) is 108 cm³/mol. The van der Waals surface area contributed by atoms with Gasteiger partial charge in [0.2, 0.25) is 10.0 Å². The number of esters is 1. The fraction of sp³-hybridized carbons (Fsp3) is 0.350. The average molecular weight is 468 g/mol. The van der Waals surface area contributed by atoms with Gasteiger partial charge >= 0.3 is 5.97 Å². The zero-order valence-electron chi connectivity index (χ0n) is 15.6. The Hall–Kier alpha value is -1.74. The molecule has 0 aliphatic carbocycles. The van der Waals surface area contributed by atoms with E-state index in [-0.39, 0.29) is 24.5 Å². The SMILES string of the molecule is Cc1ccc(S(=O)(=O)N2CC(O)CC2C(=O)OCc2ccc(Br)cc2)cc1C. The van der Waals surface area contributed by atoms with Crippen LogP contribution in [0.4, 0.5) is 0 Å². The fourth-order valence-electron chi connectivity index (χ4n) is 3.11. The van der Waals surface area contributed by atoms with Crippen LogP contribution in [-0.2, 0) is 26.2 Å². The van der Waals surface area contributed by atoms with E-state index in [0.29, 0.717) is 0 Å². The summed E-state index contributed by atoms with van der Waals surface area (Å²) in [5.74, 6) is -0.660. The number of β-amino-alcohol motifs (C(OH)–C–C–N with tert-alkyl or cyclic N) is 1. The highest BCUT2D eigenvalue weighted by Crippen LogP contribution is 2.28.